The maximum Gasteiger partial charge on any atom is 0.347 e. The minimum atomic E-state index is -3.01. The highest BCUT2D eigenvalue weighted by molar-refractivity contribution is 7.83. The molecule has 1 atom stereocenters. The Balaban J connectivity index is 2.88. The topological polar surface area (TPSA) is 83.2 Å². The molecule has 27 heavy (non-hydrogen) atoms. The Labute approximate surface area is 162 Å². The van der Waals surface area contributed by atoms with E-state index in [1.807, 2.05) is 65.0 Å². The van der Waals surface area contributed by atoms with Crippen LogP contribution in [-0.2, 0) is 22.6 Å². The lowest BCUT2D eigenvalue weighted by molar-refractivity contribution is 0.246. The van der Waals surface area contributed by atoms with Crippen LogP contribution in [0.3, 0.4) is 0 Å². The van der Waals surface area contributed by atoms with Crippen molar-refractivity contribution in [3.05, 3.63) is 30.3 Å². The average Bonchev–Trinajstić information content (AvgIpc) is 2.63. The van der Waals surface area contributed by atoms with E-state index in [-0.39, 0.29) is 0 Å². The van der Waals surface area contributed by atoms with E-state index in [2.05, 4.69) is 0 Å². The molecule has 0 amide bonds. The van der Waals surface area contributed by atoms with Crippen molar-refractivity contribution in [3.8, 4) is 0 Å². The lowest BCUT2D eigenvalue weighted by Gasteiger charge is -2.33. The molecule has 0 spiro atoms. The summed E-state index contributed by atoms with van der Waals surface area (Å²) in [4.78, 5) is 0. The van der Waals surface area contributed by atoms with Gasteiger partial charge in [-0.2, -0.15) is 9.03 Å². The molecule has 1 aromatic rings. The first-order valence-electron chi connectivity index (χ1n) is 9.23. The molecule has 8 nitrogen and oxygen atoms in total. The van der Waals surface area contributed by atoms with Crippen LogP contribution in [0.15, 0.2) is 43.9 Å². The summed E-state index contributed by atoms with van der Waals surface area (Å²) in [5, 5.41) is 0.870. The van der Waals surface area contributed by atoms with Crippen LogP contribution in [0.25, 0.3) is 0 Å². The summed E-state index contributed by atoms with van der Waals surface area (Å²) in [6.07, 6.45) is 0. The van der Waals surface area contributed by atoms with Crippen LogP contribution in [0, 0.1) is 0 Å². The van der Waals surface area contributed by atoms with Crippen molar-refractivity contribution in [2.45, 2.75) is 34.6 Å². The highest BCUT2D eigenvalue weighted by Crippen LogP contribution is 2.79. The predicted octanol–water partition coefficient (Wildman–Crippen LogP) is 6.43. The Morgan fingerprint density at radius 1 is 0.593 bits per heavy atom. The first-order chi connectivity index (χ1) is 13.0. The third kappa shape index (κ3) is 5.41. The highest BCUT2D eigenvalue weighted by atomic mass is 31.3. The summed E-state index contributed by atoms with van der Waals surface area (Å²) in [5.41, 5.74) is 0. The summed E-state index contributed by atoms with van der Waals surface area (Å²) in [7, 11) is -8.87. The van der Waals surface area contributed by atoms with Crippen LogP contribution in [0.2, 0.25) is 0 Å². The van der Waals surface area contributed by atoms with E-state index in [1.54, 1.807) is 0 Å². The van der Waals surface area contributed by atoms with Crippen molar-refractivity contribution in [2.75, 3.05) is 33.0 Å². The molecule has 1 unspecified atom stereocenters. The van der Waals surface area contributed by atoms with Crippen molar-refractivity contribution >= 4 is 28.1 Å². The van der Waals surface area contributed by atoms with Gasteiger partial charge >= 0.3 is 15.3 Å². The van der Waals surface area contributed by atoms with Crippen molar-refractivity contribution in [2.24, 2.45) is 13.5 Å². The average molecular weight is 437 g/mol. The smallest absolute Gasteiger partial charge is 0.324 e. The molecule has 1 heterocycles. The second-order valence-corrected chi connectivity index (χ2v) is 12.2. The molecular weight excluding hydrogens is 407 g/mol. The van der Waals surface area contributed by atoms with Gasteiger partial charge in [0.25, 0.3) is 0 Å². The quantitative estimate of drug-likeness (QED) is 0.373. The zero-order chi connectivity index (χ0) is 19.8. The maximum absolute atomic E-state index is 6.21. The fourth-order valence-electron chi connectivity index (χ4n) is 2.49. The molecule has 0 bridgehead atoms. The van der Waals surface area contributed by atoms with E-state index < -0.39 is 22.8 Å². The highest BCUT2D eigenvalue weighted by Gasteiger charge is 2.42. The minimum absolute atomic E-state index is 0.403. The lowest BCUT2D eigenvalue weighted by Crippen LogP contribution is -2.10. The Kier molecular flexibility index (Phi) is 8.92. The summed E-state index contributed by atoms with van der Waals surface area (Å²) in [6, 6.07) is 9.74. The van der Waals surface area contributed by atoms with Gasteiger partial charge in [-0.1, -0.05) is 18.2 Å². The third-order valence-corrected chi connectivity index (χ3v) is 12.8. The third-order valence-electron chi connectivity index (χ3n) is 3.29. The minimum Gasteiger partial charge on any atom is -0.324 e. The second kappa shape index (κ2) is 10.5. The van der Waals surface area contributed by atoms with Crippen LogP contribution in [0.1, 0.15) is 34.6 Å². The number of nitrogens with zero attached hydrogens (tertiary/aromatic N) is 3. The van der Waals surface area contributed by atoms with E-state index in [4.69, 9.17) is 36.2 Å². The number of rotatable bonds is 11. The zero-order valence-corrected chi connectivity index (χ0v) is 19.3. The van der Waals surface area contributed by atoms with Gasteiger partial charge in [-0.3, -0.25) is 0 Å². The zero-order valence-electron chi connectivity index (χ0n) is 16.6. The maximum atomic E-state index is 6.21. The summed E-state index contributed by atoms with van der Waals surface area (Å²) < 4.78 is 44.8. The Hall–Kier alpha value is -0.290. The van der Waals surface area contributed by atoms with Crippen molar-refractivity contribution < 1.29 is 22.6 Å². The van der Waals surface area contributed by atoms with Gasteiger partial charge in [0.1, 0.15) is 0 Å². The molecule has 0 fully saturated rings. The van der Waals surface area contributed by atoms with Gasteiger partial charge in [-0.25, -0.2) is 0 Å². The normalized spacial score (nSPS) is 23.1. The molecule has 0 saturated heterocycles. The molecule has 1 aromatic carbocycles. The predicted molar refractivity (Wildman–Crippen MR) is 112 cm³/mol. The molecule has 11 heteroatoms. The van der Waals surface area contributed by atoms with Gasteiger partial charge in [0.2, 0.25) is 7.43 Å². The number of benzene rings is 1. The van der Waals surface area contributed by atoms with Gasteiger partial charge < -0.3 is 22.6 Å². The molecule has 1 aliphatic heterocycles. The van der Waals surface area contributed by atoms with Crippen LogP contribution < -0.4 is 5.30 Å². The molecule has 0 aliphatic carbocycles. The van der Waals surface area contributed by atoms with Gasteiger partial charge in [0.05, 0.1) is 33.0 Å². The second-order valence-electron chi connectivity index (χ2n) is 5.22. The number of hydrogen-bond acceptors (Lipinski definition) is 8. The molecule has 1 aliphatic rings. The molecule has 0 N–H and O–H groups in total. The first kappa shape index (κ1) is 23.0. The van der Waals surface area contributed by atoms with Crippen LogP contribution in [-0.4, -0.2) is 33.0 Å². The molecule has 0 saturated carbocycles. The Morgan fingerprint density at radius 3 is 1.48 bits per heavy atom. The number of hydrogen-bond donors (Lipinski definition) is 0. The molecule has 0 aromatic heterocycles. The summed E-state index contributed by atoms with van der Waals surface area (Å²) in [5.74, 6) is 0. The van der Waals surface area contributed by atoms with E-state index in [0.717, 1.165) is 5.30 Å². The van der Waals surface area contributed by atoms with Crippen molar-refractivity contribution in [1.29, 1.82) is 0 Å². The molecule has 154 valence electrons. The van der Waals surface area contributed by atoms with Gasteiger partial charge in [0, 0.05) is 5.30 Å². The van der Waals surface area contributed by atoms with Crippen molar-refractivity contribution in [3.63, 3.8) is 0 Å². The standard InChI is InChI=1S/C16H30N3O5P3/c1-6-20-25(16-14-12-11-13-15-16)17-26(21-7-2,22-8-3)19-27(18-25,23-9-4)24-10-5/h11-15H,6-10H2,1-5H3. The lowest BCUT2D eigenvalue weighted by atomic mass is 10.4. The van der Waals surface area contributed by atoms with Gasteiger partial charge in [0.15, 0.2) is 0 Å². The van der Waals surface area contributed by atoms with Crippen LogP contribution in [0.5, 0.6) is 0 Å². The molecular formula is C16H30N3O5P3. The largest absolute Gasteiger partial charge is 0.347 e. The fraction of sp³-hybridized carbons (Fsp3) is 0.625. The monoisotopic (exact) mass is 437 g/mol. The molecule has 2 rings (SSSR count). The van der Waals surface area contributed by atoms with Gasteiger partial charge in [-0.15, -0.1) is 4.52 Å². The summed E-state index contributed by atoms with van der Waals surface area (Å²) >= 11 is 0. The van der Waals surface area contributed by atoms with Crippen molar-refractivity contribution in [1.82, 2.24) is 0 Å². The Morgan fingerprint density at radius 2 is 1.04 bits per heavy atom. The Bertz CT molecular complexity index is 734. The van der Waals surface area contributed by atoms with Crippen LogP contribution in [0.4, 0.5) is 0 Å². The summed E-state index contributed by atoms with van der Waals surface area (Å²) in [6.45, 7) is 11.5. The van der Waals surface area contributed by atoms with Crippen LogP contribution >= 0.6 is 22.8 Å². The van der Waals surface area contributed by atoms with E-state index in [9.17, 15) is 0 Å². The first-order valence-corrected chi connectivity index (χ1v) is 13.9. The van der Waals surface area contributed by atoms with Gasteiger partial charge in [-0.05, 0) is 46.8 Å². The SMILES string of the molecule is CCOP1(OCC)=NP(OCC)(OCC)=NP(OCC)(c2ccccc2)=N1. The fourth-order valence-corrected chi connectivity index (χ4v) is 12.9. The van der Waals surface area contributed by atoms with E-state index >= 15 is 0 Å². The van der Waals surface area contributed by atoms with E-state index in [0.29, 0.717) is 33.0 Å². The van der Waals surface area contributed by atoms with E-state index in [1.165, 1.54) is 0 Å². The molecule has 0 radical (unpaired) electrons.